The number of benzene rings is 1. The molecule has 3 rings (SSSR count). The molecule has 1 aromatic heterocycles. The highest BCUT2D eigenvalue weighted by atomic mass is 16.2. The average molecular weight is 413 g/mol. The fraction of sp³-hybridized carbons (Fsp3) is 0.625. The van der Waals surface area contributed by atoms with Crippen molar-refractivity contribution in [1.82, 2.24) is 19.4 Å². The molecule has 164 valence electrons. The number of nitrogens with zero attached hydrogens (tertiary/aromatic N) is 4. The van der Waals surface area contributed by atoms with Crippen LogP contribution in [0.1, 0.15) is 70.7 Å². The van der Waals surface area contributed by atoms with Crippen LogP contribution < -0.4 is 5.56 Å². The Bertz CT molecular complexity index is 900. The van der Waals surface area contributed by atoms with Crippen molar-refractivity contribution in [3.05, 3.63) is 40.4 Å². The van der Waals surface area contributed by atoms with Crippen LogP contribution in [-0.2, 0) is 11.8 Å². The summed E-state index contributed by atoms with van der Waals surface area (Å²) in [5.41, 5.74) is 0.761. The minimum absolute atomic E-state index is 0.00550. The maximum absolute atomic E-state index is 12.8. The molecule has 0 N–H and O–H groups in total. The molecule has 0 spiro atoms. The monoisotopic (exact) mass is 412 g/mol. The van der Waals surface area contributed by atoms with Crippen LogP contribution in [0.5, 0.6) is 0 Å². The predicted octanol–water partition coefficient (Wildman–Crippen LogP) is 3.89. The third-order valence-corrected chi connectivity index (χ3v) is 6.30. The number of carbonyl (C=O) groups excluding carboxylic acids is 1. The molecule has 0 aliphatic carbocycles. The molecule has 2 heterocycles. The van der Waals surface area contributed by atoms with E-state index in [1.165, 1.54) is 19.3 Å². The maximum Gasteiger partial charge on any atom is 0.261 e. The molecule has 2 aromatic rings. The van der Waals surface area contributed by atoms with Gasteiger partial charge >= 0.3 is 0 Å². The van der Waals surface area contributed by atoms with Gasteiger partial charge in [0.2, 0.25) is 5.91 Å². The van der Waals surface area contributed by atoms with Crippen LogP contribution in [0.3, 0.4) is 0 Å². The number of piperazine rings is 1. The van der Waals surface area contributed by atoms with E-state index in [0.717, 1.165) is 56.8 Å². The van der Waals surface area contributed by atoms with Gasteiger partial charge in [0.15, 0.2) is 0 Å². The lowest BCUT2D eigenvalue weighted by molar-refractivity contribution is -0.133. The number of carbonyl (C=O) groups is 1. The Morgan fingerprint density at radius 3 is 2.43 bits per heavy atom. The Labute approximate surface area is 179 Å². The molecule has 6 nitrogen and oxygen atoms in total. The predicted molar refractivity (Wildman–Crippen MR) is 122 cm³/mol. The number of amides is 1. The van der Waals surface area contributed by atoms with Gasteiger partial charge in [0.25, 0.3) is 5.56 Å². The third kappa shape index (κ3) is 5.09. The van der Waals surface area contributed by atoms with Gasteiger partial charge in [0.05, 0.1) is 16.9 Å². The molecule has 1 fully saturated rings. The van der Waals surface area contributed by atoms with Crippen molar-refractivity contribution in [3.8, 4) is 0 Å². The number of unbranched alkanes of at least 4 members (excludes halogenated alkanes) is 4. The summed E-state index contributed by atoms with van der Waals surface area (Å²) in [6.45, 7) is 7.50. The Kier molecular flexibility index (Phi) is 8.02. The van der Waals surface area contributed by atoms with E-state index in [4.69, 9.17) is 4.98 Å². The Morgan fingerprint density at radius 1 is 1.03 bits per heavy atom. The van der Waals surface area contributed by atoms with Gasteiger partial charge in [-0.05, 0) is 25.0 Å². The van der Waals surface area contributed by atoms with E-state index in [-0.39, 0.29) is 17.5 Å². The number of fused-ring (bicyclic) bond motifs is 1. The molecule has 1 atom stereocenters. The van der Waals surface area contributed by atoms with Gasteiger partial charge in [-0.25, -0.2) is 4.98 Å². The first-order valence-electron chi connectivity index (χ1n) is 11.5. The molecule has 1 aliphatic heterocycles. The standard InChI is InChI=1S/C24H36N4O2/c1-4-6-7-8-9-14-22(29)28-17-15-27(16-18-28)21(5-2)23-25-20-13-11-10-12-19(20)24(30)26(23)3/h10-13,21H,4-9,14-18H2,1-3H3. The highest BCUT2D eigenvalue weighted by Gasteiger charge is 2.28. The Hall–Kier alpha value is -2.21. The summed E-state index contributed by atoms with van der Waals surface area (Å²) in [6.07, 6.45) is 7.42. The van der Waals surface area contributed by atoms with Crippen molar-refractivity contribution in [3.63, 3.8) is 0 Å². The van der Waals surface area contributed by atoms with Gasteiger partial charge in [-0.1, -0.05) is 51.7 Å². The molecular weight excluding hydrogens is 376 g/mol. The topological polar surface area (TPSA) is 58.4 Å². The molecule has 1 aliphatic rings. The van der Waals surface area contributed by atoms with E-state index in [1.807, 2.05) is 36.2 Å². The second-order valence-corrected chi connectivity index (χ2v) is 8.36. The van der Waals surface area contributed by atoms with Gasteiger partial charge in [-0.2, -0.15) is 0 Å². The Balaban J connectivity index is 1.63. The summed E-state index contributed by atoms with van der Waals surface area (Å²) in [7, 11) is 1.82. The summed E-state index contributed by atoms with van der Waals surface area (Å²) in [5.74, 6) is 1.10. The zero-order chi connectivity index (χ0) is 21.5. The molecule has 30 heavy (non-hydrogen) atoms. The van der Waals surface area contributed by atoms with Gasteiger partial charge < -0.3 is 4.90 Å². The van der Waals surface area contributed by atoms with Crippen LogP contribution >= 0.6 is 0 Å². The largest absolute Gasteiger partial charge is 0.340 e. The fourth-order valence-corrected chi connectivity index (χ4v) is 4.46. The number of para-hydroxylation sites is 1. The normalized spacial score (nSPS) is 16.2. The van der Waals surface area contributed by atoms with Crippen LogP contribution in [0.15, 0.2) is 29.1 Å². The second kappa shape index (κ2) is 10.7. The van der Waals surface area contributed by atoms with Crippen molar-refractivity contribution in [1.29, 1.82) is 0 Å². The molecule has 1 aromatic carbocycles. The molecule has 0 radical (unpaired) electrons. The lowest BCUT2D eigenvalue weighted by Gasteiger charge is -2.39. The molecule has 1 amide bonds. The SMILES string of the molecule is CCCCCCCC(=O)N1CCN(C(CC)c2nc3ccccc3c(=O)n2C)CC1. The zero-order valence-electron chi connectivity index (χ0n) is 18.8. The lowest BCUT2D eigenvalue weighted by atomic mass is 10.1. The first kappa shape index (κ1) is 22.5. The van der Waals surface area contributed by atoms with Crippen LogP contribution in [0.25, 0.3) is 10.9 Å². The smallest absolute Gasteiger partial charge is 0.261 e. The number of rotatable bonds is 9. The average Bonchev–Trinajstić information content (AvgIpc) is 2.77. The highest BCUT2D eigenvalue weighted by molar-refractivity contribution is 5.77. The van der Waals surface area contributed by atoms with Gasteiger partial charge in [-0.3, -0.25) is 19.1 Å². The van der Waals surface area contributed by atoms with Crippen LogP contribution in [0.4, 0.5) is 0 Å². The number of hydrogen-bond acceptors (Lipinski definition) is 4. The summed E-state index contributed by atoms with van der Waals surface area (Å²) in [5, 5.41) is 0.660. The summed E-state index contributed by atoms with van der Waals surface area (Å²) in [6, 6.07) is 7.62. The minimum Gasteiger partial charge on any atom is -0.340 e. The summed E-state index contributed by atoms with van der Waals surface area (Å²) in [4.78, 5) is 34.6. The lowest BCUT2D eigenvalue weighted by Crippen LogP contribution is -2.50. The molecule has 1 saturated heterocycles. The maximum atomic E-state index is 12.8. The molecule has 6 heteroatoms. The van der Waals surface area contributed by atoms with E-state index in [1.54, 1.807) is 4.57 Å². The molecular formula is C24H36N4O2. The van der Waals surface area contributed by atoms with E-state index in [2.05, 4.69) is 18.7 Å². The molecule has 1 unspecified atom stereocenters. The first-order chi connectivity index (χ1) is 14.6. The molecule has 0 saturated carbocycles. The summed E-state index contributed by atoms with van der Waals surface area (Å²) < 4.78 is 1.70. The van der Waals surface area contributed by atoms with Gasteiger partial charge in [0.1, 0.15) is 5.82 Å². The van der Waals surface area contributed by atoms with Gasteiger partial charge in [0, 0.05) is 39.6 Å². The van der Waals surface area contributed by atoms with E-state index in [0.29, 0.717) is 11.8 Å². The third-order valence-electron chi connectivity index (χ3n) is 6.30. The first-order valence-corrected chi connectivity index (χ1v) is 11.5. The Morgan fingerprint density at radius 2 is 1.73 bits per heavy atom. The van der Waals surface area contributed by atoms with E-state index < -0.39 is 0 Å². The highest BCUT2D eigenvalue weighted by Crippen LogP contribution is 2.24. The minimum atomic E-state index is 0.00550. The quantitative estimate of drug-likeness (QED) is 0.586. The number of hydrogen-bond donors (Lipinski definition) is 0. The van der Waals surface area contributed by atoms with Crippen LogP contribution in [-0.4, -0.2) is 51.4 Å². The van der Waals surface area contributed by atoms with Crippen molar-refractivity contribution in [2.45, 2.75) is 64.8 Å². The second-order valence-electron chi connectivity index (χ2n) is 8.36. The van der Waals surface area contributed by atoms with Crippen LogP contribution in [0, 0.1) is 0 Å². The van der Waals surface area contributed by atoms with Crippen LogP contribution in [0.2, 0.25) is 0 Å². The molecule has 0 bridgehead atoms. The fourth-order valence-electron chi connectivity index (χ4n) is 4.46. The van der Waals surface area contributed by atoms with Crippen molar-refractivity contribution in [2.75, 3.05) is 26.2 Å². The van der Waals surface area contributed by atoms with Crippen molar-refractivity contribution >= 4 is 16.8 Å². The summed E-state index contributed by atoms with van der Waals surface area (Å²) >= 11 is 0. The number of aromatic nitrogens is 2. The van der Waals surface area contributed by atoms with Gasteiger partial charge in [-0.15, -0.1) is 0 Å². The zero-order valence-corrected chi connectivity index (χ0v) is 18.8. The van der Waals surface area contributed by atoms with Crippen molar-refractivity contribution < 1.29 is 4.79 Å². The van der Waals surface area contributed by atoms with Crippen molar-refractivity contribution in [2.24, 2.45) is 7.05 Å². The van der Waals surface area contributed by atoms with E-state index in [9.17, 15) is 9.59 Å². The van der Waals surface area contributed by atoms with E-state index >= 15 is 0 Å².